The van der Waals surface area contributed by atoms with Crippen molar-refractivity contribution in [3.05, 3.63) is 0 Å². The summed E-state index contributed by atoms with van der Waals surface area (Å²) in [7, 11) is -2.13. The molecule has 0 aromatic heterocycles. The molecule has 2 nitrogen and oxygen atoms in total. The topological polar surface area (TPSA) is 18.5 Å². The Bertz CT molecular complexity index is 182. The Morgan fingerprint density at radius 1 is 0.706 bits per heavy atom. The summed E-state index contributed by atoms with van der Waals surface area (Å²) in [6.45, 7) is 19.4. The number of hydrogen-bond donors (Lipinski definition) is 0. The molecule has 0 radical (unpaired) electrons. The van der Waals surface area contributed by atoms with Crippen molar-refractivity contribution in [3.63, 3.8) is 0 Å². The van der Waals surface area contributed by atoms with Gasteiger partial charge < -0.3 is 8.85 Å². The van der Waals surface area contributed by atoms with Gasteiger partial charge in [0, 0.05) is 24.3 Å². The Balaban J connectivity index is 5.24. The zero-order chi connectivity index (χ0) is 13.6. The molecule has 0 saturated heterocycles. The van der Waals surface area contributed by atoms with Crippen molar-refractivity contribution in [3.8, 4) is 0 Å². The minimum atomic E-state index is -2.13. The molecule has 2 atom stereocenters. The molecular weight excluding hydrogens is 228 g/mol. The molecule has 0 aromatic rings. The van der Waals surface area contributed by atoms with Gasteiger partial charge in [-0.15, -0.1) is 0 Å². The van der Waals surface area contributed by atoms with Gasteiger partial charge in [-0.1, -0.05) is 41.5 Å². The molecule has 0 aromatic carbocycles. The Hall–Kier alpha value is 0.137. The van der Waals surface area contributed by atoms with E-state index >= 15 is 0 Å². The average Bonchev–Trinajstić information content (AvgIpc) is 2.26. The Kier molecular flexibility index (Phi) is 7.61. The molecule has 0 amide bonds. The summed E-state index contributed by atoms with van der Waals surface area (Å²) in [5.74, 6) is 1.22. The van der Waals surface area contributed by atoms with Gasteiger partial charge in [-0.25, -0.2) is 0 Å². The smallest absolute Gasteiger partial charge is 0.344 e. The first-order chi connectivity index (χ1) is 7.83. The zero-order valence-electron chi connectivity index (χ0n) is 13.0. The van der Waals surface area contributed by atoms with Gasteiger partial charge in [0.05, 0.1) is 0 Å². The molecule has 0 bridgehead atoms. The van der Waals surface area contributed by atoms with Crippen molar-refractivity contribution in [1.82, 2.24) is 0 Å². The molecule has 104 valence electrons. The molecule has 0 saturated carbocycles. The highest BCUT2D eigenvalue weighted by molar-refractivity contribution is 6.70. The third kappa shape index (κ3) is 4.07. The summed E-state index contributed by atoms with van der Waals surface area (Å²) < 4.78 is 12.5. The van der Waals surface area contributed by atoms with E-state index < -0.39 is 8.56 Å². The van der Waals surface area contributed by atoms with Crippen LogP contribution in [0.1, 0.15) is 55.4 Å². The molecule has 0 heterocycles. The second-order valence-corrected chi connectivity index (χ2v) is 9.49. The average molecular weight is 260 g/mol. The first-order valence-corrected chi connectivity index (χ1v) is 9.08. The van der Waals surface area contributed by atoms with Crippen LogP contribution < -0.4 is 0 Å². The quantitative estimate of drug-likeness (QED) is 0.594. The maximum atomic E-state index is 6.23. The highest BCUT2D eigenvalue weighted by atomic mass is 28.4. The van der Waals surface area contributed by atoms with Gasteiger partial charge >= 0.3 is 8.56 Å². The van der Waals surface area contributed by atoms with Crippen molar-refractivity contribution in [1.29, 1.82) is 0 Å². The van der Waals surface area contributed by atoms with Gasteiger partial charge in [0.25, 0.3) is 0 Å². The highest BCUT2D eigenvalue weighted by Crippen LogP contribution is 2.42. The van der Waals surface area contributed by atoms with E-state index in [9.17, 15) is 0 Å². The Labute approximate surface area is 109 Å². The van der Waals surface area contributed by atoms with Crippen LogP contribution in [-0.2, 0) is 8.85 Å². The zero-order valence-corrected chi connectivity index (χ0v) is 14.0. The molecule has 0 aliphatic heterocycles. The van der Waals surface area contributed by atoms with Crippen LogP contribution in [0.25, 0.3) is 0 Å². The van der Waals surface area contributed by atoms with Crippen molar-refractivity contribution in [2.24, 2.45) is 11.8 Å². The Morgan fingerprint density at radius 3 is 1.18 bits per heavy atom. The van der Waals surface area contributed by atoms with Crippen LogP contribution in [0.5, 0.6) is 0 Å². The molecule has 0 aliphatic carbocycles. The molecule has 0 rings (SSSR count). The predicted molar refractivity (Wildman–Crippen MR) is 77.5 cm³/mol. The van der Waals surface area contributed by atoms with E-state index in [-0.39, 0.29) is 0 Å². The first kappa shape index (κ1) is 17.1. The maximum Gasteiger partial charge on any atom is 0.344 e. The van der Waals surface area contributed by atoms with E-state index in [0.717, 1.165) is 13.2 Å². The van der Waals surface area contributed by atoms with Crippen LogP contribution in [-0.4, -0.2) is 21.8 Å². The van der Waals surface area contributed by atoms with E-state index in [0.29, 0.717) is 22.9 Å². The fraction of sp³-hybridized carbons (Fsp3) is 1.00. The van der Waals surface area contributed by atoms with Gasteiger partial charge in [-0.2, -0.15) is 0 Å². The maximum absolute atomic E-state index is 6.23. The largest absolute Gasteiger partial charge is 0.394 e. The van der Waals surface area contributed by atoms with Crippen LogP contribution in [0.2, 0.25) is 11.1 Å². The summed E-state index contributed by atoms with van der Waals surface area (Å²) >= 11 is 0. The van der Waals surface area contributed by atoms with E-state index in [1.807, 2.05) is 0 Å². The Morgan fingerprint density at radius 2 is 1.00 bits per heavy atom. The monoisotopic (exact) mass is 260 g/mol. The van der Waals surface area contributed by atoms with E-state index in [2.05, 4.69) is 55.4 Å². The van der Waals surface area contributed by atoms with Crippen LogP contribution in [0.3, 0.4) is 0 Å². The van der Waals surface area contributed by atoms with Crippen molar-refractivity contribution < 1.29 is 8.85 Å². The van der Waals surface area contributed by atoms with Crippen LogP contribution in [0.4, 0.5) is 0 Å². The fourth-order valence-corrected chi connectivity index (χ4v) is 7.09. The molecule has 3 heteroatoms. The van der Waals surface area contributed by atoms with Crippen molar-refractivity contribution in [2.45, 2.75) is 66.5 Å². The standard InChI is InChI=1S/C14H32O2Si/c1-9-15-17(16-10-2,13(7)11(3)4)14(8)12(5)6/h11-14H,9-10H2,1-8H3. The highest BCUT2D eigenvalue weighted by Gasteiger charge is 2.50. The third-order valence-electron chi connectivity index (χ3n) is 4.01. The van der Waals surface area contributed by atoms with E-state index in [1.165, 1.54) is 0 Å². The summed E-state index contributed by atoms with van der Waals surface area (Å²) in [4.78, 5) is 0. The van der Waals surface area contributed by atoms with E-state index in [1.54, 1.807) is 0 Å². The van der Waals surface area contributed by atoms with Crippen LogP contribution in [0.15, 0.2) is 0 Å². The summed E-state index contributed by atoms with van der Waals surface area (Å²) in [6.07, 6.45) is 0. The second-order valence-electron chi connectivity index (χ2n) is 5.65. The lowest BCUT2D eigenvalue weighted by molar-refractivity contribution is 0.151. The summed E-state index contributed by atoms with van der Waals surface area (Å²) in [5, 5.41) is 0. The minimum Gasteiger partial charge on any atom is -0.394 e. The predicted octanol–water partition coefficient (Wildman–Crippen LogP) is 4.59. The van der Waals surface area contributed by atoms with Gasteiger partial charge in [0.15, 0.2) is 0 Å². The summed E-state index contributed by atoms with van der Waals surface area (Å²) in [5.41, 5.74) is 1.06. The van der Waals surface area contributed by atoms with Gasteiger partial charge in [0.1, 0.15) is 0 Å². The van der Waals surface area contributed by atoms with Gasteiger partial charge in [-0.05, 0) is 25.7 Å². The number of rotatable bonds is 8. The summed E-state index contributed by atoms with van der Waals surface area (Å²) in [6, 6.07) is 0. The molecule has 17 heavy (non-hydrogen) atoms. The fourth-order valence-electron chi connectivity index (χ4n) is 2.36. The second kappa shape index (κ2) is 7.55. The van der Waals surface area contributed by atoms with Crippen LogP contribution >= 0.6 is 0 Å². The molecular formula is C14H32O2Si. The van der Waals surface area contributed by atoms with Gasteiger partial charge in [-0.3, -0.25) is 0 Å². The normalized spacial score (nSPS) is 16.6. The minimum absolute atomic E-state index is 0.528. The molecule has 0 spiro atoms. The van der Waals surface area contributed by atoms with Crippen molar-refractivity contribution in [2.75, 3.05) is 13.2 Å². The SMILES string of the molecule is CCO[Si](OCC)(C(C)C(C)C)C(C)C(C)C. The lowest BCUT2D eigenvalue weighted by Gasteiger charge is -2.43. The molecule has 0 N–H and O–H groups in total. The molecule has 0 aliphatic rings. The molecule has 2 unspecified atom stereocenters. The van der Waals surface area contributed by atoms with Crippen LogP contribution in [0, 0.1) is 11.8 Å². The lowest BCUT2D eigenvalue weighted by Crippen LogP contribution is -2.52. The number of hydrogen-bond acceptors (Lipinski definition) is 2. The first-order valence-electron chi connectivity index (χ1n) is 7.11. The molecule has 0 fully saturated rings. The van der Waals surface area contributed by atoms with E-state index in [4.69, 9.17) is 8.85 Å². The lowest BCUT2D eigenvalue weighted by atomic mass is 10.1. The van der Waals surface area contributed by atoms with Gasteiger partial charge in [0.2, 0.25) is 0 Å². The third-order valence-corrected chi connectivity index (χ3v) is 9.36. The van der Waals surface area contributed by atoms with Crippen molar-refractivity contribution >= 4 is 8.56 Å².